The van der Waals surface area contributed by atoms with Crippen LogP contribution in [0.25, 0.3) is 0 Å². The number of rotatable bonds is 5. The van der Waals surface area contributed by atoms with Gasteiger partial charge in [0, 0.05) is 24.0 Å². The standard InChI is InChI=1S/C24H36O4/c1-22(2)9-7-10-23(3)20(22)8-11-24(4,26)21(23)15-19(25)16-12-17(27-5)14-18(13-16)28-6/h12-14,20-21,26H,7-11,15H2,1-6H3/t20-,21+,23+,24+/m0/s1. The van der Waals surface area contributed by atoms with E-state index in [4.69, 9.17) is 9.47 Å². The van der Waals surface area contributed by atoms with Crippen molar-refractivity contribution < 1.29 is 19.4 Å². The molecule has 2 saturated carbocycles. The zero-order valence-electron chi connectivity index (χ0n) is 18.3. The van der Waals surface area contributed by atoms with E-state index in [2.05, 4.69) is 20.8 Å². The lowest BCUT2D eigenvalue weighted by Gasteiger charge is -2.61. The molecule has 0 amide bonds. The monoisotopic (exact) mass is 388 g/mol. The first kappa shape index (κ1) is 21.2. The highest BCUT2D eigenvalue weighted by Gasteiger charge is 2.58. The summed E-state index contributed by atoms with van der Waals surface area (Å²) in [6, 6.07) is 5.31. The highest BCUT2D eigenvalue weighted by Crippen LogP contribution is 2.62. The zero-order chi connectivity index (χ0) is 20.7. The van der Waals surface area contributed by atoms with Crippen LogP contribution in [0.15, 0.2) is 18.2 Å². The number of hydrogen-bond acceptors (Lipinski definition) is 4. The van der Waals surface area contributed by atoms with Crippen LogP contribution in [0.3, 0.4) is 0 Å². The lowest BCUT2D eigenvalue weighted by Crippen LogP contribution is -2.58. The second-order valence-corrected chi connectivity index (χ2v) is 10.1. The summed E-state index contributed by atoms with van der Waals surface area (Å²) in [6.45, 7) is 8.97. The van der Waals surface area contributed by atoms with E-state index in [1.807, 2.05) is 6.92 Å². The molecule has 1 N–H and O–H groups in total. The molecule has 2 aliphatic rings. The third-order valence-electron chi connectivity index (χ3n) is 7.82. The van der Waals surface area contributed by atoms with E-state index in [1.165, 1.54) is 6.42 Å². The largest absolute Gasteiger partial charge is 0.497 e. The number of carbonyl (C=O) groups is 1. The Hall–Kier alpha value is -1.55. The molecule has 4 nitrogen and oxygen atoms in total. The Balaban J connectivity index is 1.93. The number of carbonyl (C=O) groups excluding carboxylic acids is 1. The van der Waals surface area contributed by atoms with Crippen molar-refractivity contribution in [2.45, 2.75) is 71.8 Å². The van der Waals surface area contributed by atoms with Gasteiger partial charge < -0.3 is 14.6 Å². The van der Waals surface area contributed by atoms with Gasteiger partial charge in [0.1, 0.15) is 11.5 Å². The van der Waals surface area contributed by atoms with E-state index in [9.17, 15) is 9.90 Å². The van der Waals surface area contributed by atoms with Gasteiger partial charge in [0.15, 0.2) is 5.78 Å². The van der Waals surface area contributed by atoms with Crippen LogP contribution < -0.4 is 9.47 Å². The van der Waals surface area contributed by atoms with Crippen molar-refractivity contribution in [3.05, 3.63) is 23.8 Å². The van der Waals surface area contributed by atoms with Crippen LogP contribution in [-0.4, -0.2) is 30.7 Å². The topological polar surface area (TPSA) is 55.8 Å². The highest BCUT2D eigenvalue weighted by atomic mass is 16.5. The van der Waals surface area contributed by atoms with Crippen molar-refractivity contribution in [2.24, 2.45) is 22.7 Å². The van der Waals surface area contributed by atoms with Crippen LogP contribution in [0, 0.1) is 22.7 Å². The van der Waals surface area contributed by atoms with E-state index in [-0.39, 0.29) is 22.5 Å². The van der Waals surface area contributed by atoms with E-state index in [0.717, 1.165) is 25.7 Å². The lowest BCUT2D eigenvalue weighted by molar-refractivity contribution is -0.165. The third-order valence-corrected chi connectivity index (χ3v) is 7.82. The molecule has 0 saturated heterocycles. The summed E-state index contributed by atoms with van der Waals surface area (Å²) in [6.07, 6.45) is 5.62. The van der Waals surface area contributed by atoms with Gasteiger partial charge in [0.25, 0.3) is 0 Å². The van der Waals surface area contributed by atoms with Gasteiger partial charge in [-0.1, -0.05) is 27.2 Å². The van der Waals surface area contributed by atoms with Crippen molar-refractivity contribution in [1.82, 2.24) is 0 Å². The minimum absolute atomic E-state index is 0.0257. The van der Waals surface area contributed by atoms with E-state index < -0.39 is 5.60 Å². The van der Waals surface area contributed by atoms with Gasteiger partial charge in [-0.2, -0.15) is 0 Å². The molecule has 3 rings (SSSR count). The van der Waals surface area contributed by atoms with Crippen molar-refractivity contribution in [3.63, 3.8) is 0 Å². The highest BCUT2D eigenvalue weighted by molar-refractivity contribution is 5.97. The Morgan fingerprint density at radius 3 is 2.21 bits per heavy atom. The normalized spacial score (nSPS) is 34.4. The summed E-state index contributed by atoms with van der Waals surface area (Å²) in [4.78, 5) is 13.3. The second kappa shape index (κ2) is 7.37. The molecule has 0 radical (unpaired) electrons. The maximum atomic E-state index is 13.3. The quantitative estimate of drug-likeness (QED) is 0.698. The Bertz CT molecular complexity index is 714. The van der Waals surface area contributed by atoms with E-state index in [1.54, 1.807) is 32.4 Å². The Kier molecular flexibility index (Phi) is 5.57. The third kappa shape index (κ3) is 3.68. The van der Waals surface area contributed by atoms with Gasteiger partial charge in [0.2, 0.25) is 0 Å². The number of ketones is 1. The van der Waals surface area contributed by atoms with Crippen molar-refractivity contribution >= 4 is 5.78 Å². The lowest BCUT2D eigenvalue weighted by atomic mass is 9.45. The molecular formula is C24H36O4. The molecule has 0 aromatic heterocycles. The van der Waals surface area contributed by atoms with Gasteiger partial charge in [0.05, 0.1) is 19.8 Å². The van der Waals surface area contributed by atoms with Gasteiger partial charge in [-0.3, -0.25) is 4.79 Å². The summed E-state index contributed by atoms with van der Waals surface area (Å²) in [7, 11) is 3.18. The molecule has 156 valence electrons. The molecule has 0 heterocycles. The predicted molar refractivity (Wildman–Crippen MR) is 111 cm³/mol. The molecule has 4 heteroatoms. The summed E-state index contributed by atoms with van der Waals surface area (Å²) >= 11 is 0. The van der Waals surface area contributed by atoms with Crippen LogP contribution in [0.2, 0.25) is 0 Å². The average molecular weight is 389 g/mol. The minimum atomic E-state index is -0.822. The number of methoxy groups -OCH3 is 2. The molecule has 0 spiro atoms. The number of ether oxygens (including phenoxy) is 2. The molecule has 0 aliphatic heterocycles. The number of hydrogen-bond donors (Lipinski definition) is 1. The molecule has 0 bridgehead atoms. The summed E-state index contributed by atoms with van der Waals surface area (Å²) < 4.78 is 10.7. The predicted octanol–water partition coefficient (Wildman–Crippen LogP) is 5.27. The fraction of sp³-hybridized carbons (Fsp3) is 0.708. The van der Waals surface area contributed by atoms with Crippen LogP contribution >= 0.6 is 0 Å². The second-order valence-electron chi connectivity index (χ2n) is 10.1. The molecule has 1 aromatic carbocycles. The number of fused-ring (bicyclic) bond motifs is 1. The van der Waals surface area contributed by atoms with Crippen molar-refractivity contribution in [1.29, 1.82) is 0 Å². The van der Waals surface area contributed by atoms with Gasteiger partial charge >= 0.3 is 0 Å². The van der Waals surface area contributed by atoms with Crippen LogP contribution in [0.4, 0.5) is 0 Å². The number of benzene rings is 1. The first-order valence-corrected chi connectivity index (χ1v) is 10.5. The molecule has 0 unspecified atom stereocenters. The zero-order valence-corrected chi connectivity index (χ0v) is 18.3. The molecule has 1 aromatic rings. The average Bonchev–Trinajstić information content (AvgIpc) is 2.63. The Labute approximate surface area is 169 Å². The Morgan fingerprint density at radius 1 is 1.04 bits per heavy atom. The van der Waals surface area contributed by atoms with Crippen molar-refractivity contribution in [2.75, 3.05) is 14.2 Å². The molecule has 2 aliphatic carbocycles. The van der Waals surface area contributed by atoms with E-state index >= 15 is 0 Å². The van der Waals surface area contributed by atoms with Gasteiger partial charge in [-0.15, -0.1) is 0 Å². The first-order chi connectivity index (χ1) is 13.0. The summed E-state index contributed by atoms with van der Waals surface area (Å²) in [5.74, 6) is 1.75. The number of aliphatic hydroxyl groups is 1. The van der Waals surface area contributed by atoms with Crippen molar-refractivity contribution in [3.8, 4) is 11.5 Å². The first-order valence-electron chi connectivity index (χ1n) is 10.5. The maximum Gasteiger partial charge on any atom is 0.163 e. The summed E-state index contributed by atoms with van der Waals surface area (Å²) in [5.41, 5.74) is -0.00332. The van der Waals surface area contributed by atoms with Crippen LogP contribution in [0.5, 0.6) is 11.5 Å². The number of Topliss-reactive ketones (excluding diaryl/α,β-unsaturated/α-hetero) is 1. The molecular weight excluding hydrogens is 352 g/mol. The smallest absolute Gasteiger partial charge is 0.163 e. The molecule has 4 atom stereocenters. The maximum absolute atomic E-state index is 13.3. The Morgan fingerprint density at radius 2 is 1.64 bits per heavy atom. The van der Waals surface area contributed by atoms with Gasteiger partial charge in [-0.05, 0) is 61.5 Å². The SMILES string of the molecule is COc1cc(OC)cc(C(=O)C[C@@H]2[C@]3(C)CCCC(C)(C)[C@@H]3CC[C@@]2(C)O)c1. The van der Waals surface area contributed by atoms with E-state index in [0.29, 0.717) is 29.4 Å². The molecule has 28 heavy (non-hydrogen) atoms. The molecule has 2 fully saturated rings. The van der Waals surface area contributed by atoms with Crippen LogP contribution in [-0.2, 0) is 0 Å². The van der Waals surface area contributed by atoms with Crippen LogP contribution in [0.1, 0.15) is 76.6 Å². The minimum Gasteiger partial charge on any atom is -0.497 e. The fourth-order valence-electron chi connectivity index (χ4n) is 6.35. The fourth-order valence-corrected chi connectivity index (χ4v) is 6.35. The summed E-state index contributed by atoms with van der Waals surface area (Å²) in [5, 5.41) is 11.3. The van der Waals surface area contributed by atoms with Gasteiger partial charge in [-0.25, -0.2) is 0 Å².